The van der Waals surface area contributed by atoms with E-state index in [1.54, 1.807) is 11.0 Å². The van der Waals surface area contributed by atoms with Gasteiger partial charge in [-0.1, -0.05) is 18.2 Å². The molecular weight excluding hydrogens is 368 g/mol. The fraction of sp³-hybridized carbons (Fsp3) is 0.304. The monoisotopic (exact) mass is 394 g/mol. The number of piperidine rings is 1. The largest absolute Gasteiger partial charge is 0.507 e. The van der Waals surface area contributed by atoms with Gasteiger partial charge < -0.3 is 19.6 Å². The predicted octanol–water partition coefficient (Wildman–Crippen LogP) is 4.34. The van der Waals surface area contributed by atoms with Gasteiger partial charge in [0.15, 0.2) is 5.78 Å². The van der Waals surface area contributed by atoms with Crippen LogP contribution in [0.1, 0.15) is 35.2 Å². The van der Waals surface area contributed by atoms with E-state index >= 15 is 0 Å². The number of carbonyl (C=O) groups excluding carboxylic acids is 2. The van der Waals surface area contributed by atoms with Gasteiger partial charge in [0.1, 0.15) is 11.5 Å². The molecule has 0 atom stereocenters. The van der Waals surface area contributed by atoms with E-state index in [1.165, 1.54) is 24.3 Å². The number of benzene rings is 2. The van der Waals surface area contributed by atoms with E-state index in [0.717, 1.165) is 30.5 Å². The number of phenolic OH excluding ortho intramolecular Hbond substituents is 1. The van der Waals surface area contributed by atoms with Crippen molar-refractivity contribution in [2.45, 2.75) is 19.3 Å². The summed E-state index contributed by atoms with van der Waals surface area (Å²) in [5, 5.41) is 10.2. The summed E-state index contributed by atoms with van der Waals surface area (Å²) in [6.45, 7) is 1.36. The molecule has 6 heteroatoms. The van der Waals surface area contributed by atoms with Crippen LogP contribution >= 0.6 is 0 Å². The van der Waals surface area contributed by atoms with Gasteiger partial charge in [-0.15, -0.1) is 0 Å². The maximum atomic E-state index is 12.4. The molecule has 2 aromatic carbocycles. The van der Waals surface area contributed by atoms with Crippen LogP contribution < -0.4 is 9.64 Å². The Balaban J connectivity index is 1.64. The zero-order valence-corrected chi connectivity index (χ0v) is 16.8. The number of phenols is 1. The number of amides is 1. The number of ether oxygens (including phenoxy) is 1. The van der Waals surface area contributed by atoms with Crippen LogP contribution in [0.3, 0.4) is 0 Å². The number of likely N-dealkylation sites (tertiary alicyclic amines) is 1. The molecule has 1 N–H and O–H groups in total. The summed E-state index contributed by atoms with van der Waals surface area (Å²) in [6, 6.07) is 12.1. The van der Waals surface area contributed by atoms with Crippen LogP contribution in [-0.4, -0.2) is 49.1 Å². The number of allylic oxidation sites excluding steroid dienone is 1. The van der Waals surface area contributed by atoms with Crippen molar-refractivity contribution in [1.82, 2.24) is 4.90 Å². The lowest BCUT2D eigenvalue weighted by Crippen LogP contribution is -2.37. The van der Waals surface area contributed by atoms with Crippen molar-refractivity contribution in [2.75, 3.05) is 32.1 Å². The second kappa shape index (κ2) is 9.28. The van der Waals surface area contributed by atoms with Gasteiger partial charge in [0, 0.05) is 38.9 Å². The Morgan fingerprint density at radius 2 is 1.72 bits per heavy atom. The van der Waals surface area contributed by atoms with Crippen LogP contribution in [0.2, 0.25) is 0 Å². The molecule has 1 amide bonds. The van der Waals surface area contributed by atoms with E-state index in [2.05, 4.69) is 0 Å². The first-order valence-electron chi connectivity index (χ1n) is 9.73. The molecule has 1 heterocycles. The van der Waals surface area contributed by atoms with Crippen molar-refractivity contribution >= 4 is 23.6 Å². The number of hydrogen-bond donors (Lipinski definition) is 1. The second-order valence-electron chi connectivity index (χ2n) is 7.28. The van der Waals surface area contributed by atoms with Gasteiger partial charge in [-0.05, 0) is 55.2 Å². The normalized spacial score (nSPS) is 14.1. The van der Waals surface area contributed by atoms with Gasteiger partial charge >= 0.3 is 6.09 Å². The molecule has 0 aromatic heterocycles. The lowest BCUT2D eigenvalue weighted by molar-refractivity contribution is 0.104. The molecule has 1 fully saturated rings. The molecule has 3 rings (SSSR count). The molecule has 1 saturated heterocycles. The minimum Gasteiger partial charge on any atom is -0.507 e. The summed E-state index contributed by atoms with van der Waals surface area (Å²) in [6.07, 6.45) is 5.75. The van der Waals surface area contributed by atoms with Gasteiger partial charge in [-0.2, -0.15) is 0 Å². The number of carbonyl (C=O) groups is 2. The molecular formula is C23H26N2O4. The Hall–Kier alpha value is -3.28. The number of hydrogen-bond acceptors (Lipinski definition) is 5. The summed E-state index contributed by atoms with van der Waals surface area (Å²) >= 11 is 0. The number of aromatic hydroxyl groups is 1. The number of nitrogens with zero attached hydrogens (tertiary/aromatic N) is 2. The summed E-state index contributed by atoms with van der Waals surface area (Å²) in [7, 11) is 3.93. The fourth-order valence-electron chi connectivity index (χ4n) is 3.17. The number of ketones is 1. The molecule has 0 saturated carbocycles. The van der Waals surface area contributed by atoms with Crippen LogP contribution in [0, 0.1) is 0 Å². The topological polar surface area (TPSA) is 70.1 Å². The Labute approximate surface area is 171 Å². The van der Waals surface area contributed by atoms with E-state index in [4.69, 9.17) is 4.74 Å². The summed E-state index contributed by atoms with van der Waals surface area (Å²) in [4.78, 5) is 28.2. The van der Waals surface area contributed by atoms with Gasteiger partial charge in [-0.3, -0.25) is 4.79 Å². The van der Waals surface area contributed by atoms with Gasteiger partial charge in [0.05, 0.1) is 5.56 Å². The van der Waals surface area contributed by atoms with Crippen LogP contribution in [0.15, 0.2) is 48.5 Å². The third-order valence-electron chi connectivity index (χ3n) is 4.89. The molecule has 0 aliphatic carbocycles. The highest BCUT2D eigenvalue weighted by atomic mass is 16.6. The maximum Gasteiger partial charge on any atom is 0.415 e. The van der Waals surface area contributed by atoms with Crippen molar-refractivity contribution < 1.29 is 19.4 Å². The number of anilines is 1. The van der Waals surface area contributed by atoms with E-state index in [9.17, 15) is 14.7 Å². The summed E-state index contributed by atoms with van der Waals surface area (Å²) < 4.78 is 5.32. The van der Waals surface area contributed by atoms with Gasteiger partial charge in [0.2, 0.25) is 0 Å². The third kappa shape index (κ3) is 5.38. The van der Waals surface area contributed by atoms with Gasteiger partial charge in [0.25, 0.3) is 0 Å². The average Bonchev–Trinajstić information content (AvgIpc) is 2.73. The Morgan fingerprint density at radius 1 is 1.03 bits per heavy atom. The SMILES string of the molecule is CN(C)c1ccc(/C=C/C(=O)c2ccc(OC(=O)N3CCCCC3)cc2O)cc1. The maximum absolute atomic E-state index is 12.4. The van der Waals surface area contributed by atoms with Gasteiger partial charge in [-0.25, -0.2) is 4.79 Å². The zero-order valence-electron chi connectivity index (χ0n) is 16.8. The highest BCUT2D eigenvalue weighted by Crippen LogP contribution is 2.25. The second-order valence-corrected chi connectivity index (χ2v) is 7.28. The van der Waals surface area contributed by atoms with Crippen molar-refractivity contribution in [3.8, 4) is 11.5 Å². The van der Waals surface area contributed by atoms with E-state index in [-0.39, 0.29) is 22.8 Å². The molecule has 1 aliphatic rings. The minimum atomic E-state index is -0.427. The minimum absolute atomic E-state index is 0.156. The van der Waals surface area contributed by atoms with E-state index in [1.807, 2.05) is 43.3 Å². The summed E-state index contributed by atoms with van der Waals surface area (Å²) in [5.74, 6) is -0.322. The van der Waals surface area contributed by atoms with Crippen LogP contribution in [-0.2, 0) is 0 Å². The van der Waals surface area contributed by atoms with Crippen molar-refractivity contribution in [3.05, 3.63) is 59.7 Å². The van der Waals surface area contributed by atoms with Crippen LogP contribution in [0.4, 0.5) is 10.5 Å². The molecule has 2 aromatic rings. The molecule has 29 heavy (non-hydrogen) atoms. The highest BCUT2D eigenvalue weighted by Gasteiger charge is 2.19. The van der Waals surface area contributed by atoms with Crippen molar-refractivity contribution in [1.29, 1.82) is 0 Å². The number of rotatable bonds is 5. The first-order valence-corrected chi connectivity index (χ1v) is 9.73. The lowest BCUT2D eigenvalue weighted by atomic mass is 10.1. The first kappa shape index (κ1) is 20.5. The summed E-state index contributed by atoms with van der Waals surface area (Å²) in [5.41, 5.74) is 2.11. The molecule has 152 valence electrons. The van der Waals surface area contributed by atoms with Crippen molar-refractivity contribution in [3.63, 3.8) is 0 Å². The zero-order chi connectivity index (χ0) is 20.8. The van der Waals surface area contributed by atoms with Crippen LogP contribution in [0.5, 0.6) is 11.5 Å². The molecule has 0 spiro atoms. The molecule has 0 radical (unpaired) electrons. The first-order chi connectivity index (χ1) is 13.9. The standard InChI is InChI=1S/C23H26N2O4/c1-24(2)18-9-6-17(7-10-18)8-13-21(26)20-12-11-19(16-22(20)27)29-23(28)25-14-4-3-5-15-25/h6-13,16,27H,3-5,14-15H2,1-2H3/b13-8+. The van der Waals surface area contributed by atoms with E-state index < -0.39 is 6.09 Å². The molecule has 6 nitrogen and oxygen atoms in total. The Kier molecular flexibility index (Phi) is 6.54. The lowest BCUT2D eigenvalue weighted by Gasteiger charge is -2.25. The Morgan fingerprint density at radius 3 is 2.34 bits per heavy atom. The average molecular weight is 394 g/mol. The highest BCUT2D eigenvalue weighted by molar-refractivity contribution is 6.08. The predicted molar refractivity (Wildman–Crippen MR) is 114 cm³/mol. The van der Waals surface area contributed by atoms with E-state index in [0.29, 0.717) is 13.1 Å². The van der Waals surface area contributed by atoms with Crippen molar-refractivity contribution in [2.24, 2.45) is 0 Å². The fourth-order valence-corrected chi connectivity index (χ4v) is 3.17. The molecule has 1 aliphatic heterocycles. The smallest absolute Gasteiger partial charge is 0.415 e. The molecule has 0 unspecified atom stereocenters. The molecule has 0 bridgehead atoms. The third-order valence-corrected chi connectivity index (χ3v) is 4.89. The van der Waals surface area contributed by atoms with Crippen LogP contribution in [0.25, 0.3) is 6.08 Å². The quantitative estimate of drug-likeness (QED) is 0.603. The Bertz CT molecular complexity index is 898.